The van der Waals surface area contributed by atoms with Gasteiger partial charge in [0, 0.05) is 19.6 Å². The van der Waals surface area contributed by atoms with E-state index in [-0.39, 0.29) is 19.6 Å². The van der Waals surface area contributed by atoms with Crippen molar-refractivity contribution in [1.29, 1.82) is 0 Å². The van der Waals surface area contributed by atoms with Gasteiger partial charge in [0.15, 0.2) is 0 Å². The maximum Gasteiger partial charge on any atom is 0.463 e. The van der Waals surface area contributed by atoms with E-state index in [1.807, 2.05) is 0 Å². The third kappa shape index (κ3) is 2.60. The van der Waals surface area contributed by atoms with Gasteiger partial charge in [-0.1, -0.05) is 0 Å². The molecular formula is C8H11F5N2O. The summed E-state index contributed by atoms with van der Waals surface area (Å²) in [6.45, 7) is 0.503. The van der Waals surface area contributed by atoms with E-state index >= 15 is 0 Å². The zero-order chi connectivity index (χ0) is 12.4. The second kappa shape index (κ2) is 4.52. The first-order valence-electron chi connectivity index (χ1n) is 4.71. The molecule has 1 aliphatic rings. The first kappa shape index (κ1) is 13.1. The first-order chi connectivity index (χ1) is 7.27. The molecule has 0 aliphatic carbocycles. The number of amides is 1. The van der Waals surface area contributed by atoms with Crippen LogP contribution in [0, 0.1) is 0 Å². The summed E-state index contributed by atoms with van der Waals surface area (Å²) >= 11 is 0. The van der Waals surface area contributed by atoms with Crippen molar-refractivity contribution in [3.8, 4) is 0 Å². The van der Waals surface area contributed by atoms with Gasteiger partial charge in [-0.15, -0.1) is 0 Å². The minimum absolute atomic E-state index is 0.0858. The molecule has 1 saturated heterocycles. The van der Waals surface area contributed by atoms with Gasteiger partial charge < -0.3 is 10.2 Å². The number of carbonyl (C=O) groups is 1. The highest BCUT2D eigenvalue weighted by molar-refractivity contribution is 5.84. The van der Waals surface area contributed by atoms with E-state index in [1.165, 1.54) is 0 Å². The normalized spacial score (nSPS) is 19.4. The molecule has 0 saturated carbocycles. The minimum Gasteiger partial charge on any atom is -0.336 e. The van der Waals surface area contributed by atoms with Crippen molar-refractivity contribution in [3.63, 3.8) is 0 Å². The van der Waals surface area contributed by atoms with E-state index < -0.39 is 18.0 Å². The lowest BCUT2D eigenvalue weighted by molar-refractivity contribution is -0.274. The molecule has 1 fully saturated rings. The van der Waals surface area contributed by atoms with Gasteiger partial charge in [-0.25, -0.2) is 0 Å². The summed E-state index contributed by atoms with van der Waals surface area (Å²) in [6, 6.07) is 0. The van der Waals surface area contributed by atoms with Crippen LogP contribution in [0.5, 0.6) is 0 Å². The molecule has 1 N–H and O–H groups in total. The van der Waals surface area contributed by atoms with Crippen LogP contribution in [0.1, 0.15) is 6.42 Å². The topological polar surface area (TPSA) is 32.3 Å². The fraction of sp³-hybridized carbons (Fsp3) is 0.875. The van der Waals surface area contributed by atoms with Gasteiger partial charge in [-0.3, -0.25) is 4.79 Å². The van der Waals surface area contributed by atoms with Crippen molar-refractivity contribution in [3.05, 3.63) is 0 Å². The molecule has 0 aromatic heterocycles. The Labute approximate surface area is 88.6 Å². The first-order valence-corrected chi connectivity index (χ1v) is 4.71. The third-order valence-corrected chi connectivity index (χ3v) is 2.25. The molecule has 1 aliphatic heterocycles. The van der Waals surface area contributed by atoms with Crippen LogP contribution in [-0.4, -0.2) is 49.1 Å². The van der Waals surface area contributed by atoms with E-state index in [2.05, 4.69) is 5.32 Å². The van der Waals surface area contributed by atoms with E-state index in [0.29, 0.717) is 17.9 Å². The zero-order valence-corrected chi connectivity index (χ0v) is 8.28. The third-order valence-electron chi connectivity index (χ3n) is 2.25. The second-order valence-electron chi connectivity index (χ2n) is 3.47. The summed E-state index contributed by atoms with van der Waals surface area (Å²) in [6.07, 6.45) is -5.47. The molecule has 8 heteroatoms. The lowest BCUT2D eigenvalue weighted by Crippen LogP contribution is -2.52. The molecule has 0 spiro atoms. The molecule has 94 valence electrons. The molecule has 3 nitrogen and oxygen atoms in total. The summed E-state index contributed by atoms with van der Waals surface area (Å²) in [7, 11) is 0. The average molecular weight is 246 g/mol. The number of halogens is 5. The lowest BCUT2D eigenvalue weighted by Gasteiger charge is -2.26. The Bertz CT molecular complexity index is 258. The number of hydrogen-bond donors (Lipinski definition) is 1. The summed E-state index contributed by atoms with van der Waals surface area (Å²) in [5, 5.41) is 2.80. The molecule has 0 aromatic carbocycles. The lowest BCUT2D eigenvalue weighted by atomic mass is 10.2. The average Bonchev–Trinajstić information content (AvgIpc) is 2.42. The minimum atomic E-state index is -5.83. The fourth-order valence-electron chi connectivity index (χ4n) is 1.37. The molecule has 1 amide bonds. The SMILES string of the molecule is O=C(N1CCCNCC1)C(F)(F)C(F)(F)F. The molecule has 1 heterocycles. The van der Waals surface area contributed by atoms with Crippen molar-refractivity contribution in [2.75, 3.05) is 26.2 Å². The van der Waals surface area contributed by atoms with Crippen molar-refractivity contribution < 1.29 is 26.7 Å². The monoisotopic (exact) mass is 246 g/mol. The van der Waals surface area contributed by atoms with Crippen LogP contribution in [-0.2, 0) is 4.79 Å². The highest BCUT2D eigenvalue weighted by atomic mass is 19.4. The van der Waals surface area contributed by atoms with Gasteiger partial charge in [0.1, 0.15) is 0 Å². The Morgan fingerprint density at radius 2 is 1.69 bits per heavy atom. The van der Waals surface area contributed by atoms with Gasteiger partial charge in [-0.05, 0) is 13.0 Å². The van der Waals surface area contributed by atoms with Crippen molar-refractivity contribution >= 4 is 5.91 Å². The van der Waals surface area contributed by atoms with Gasteiger partial charge in [0.05, 0.1) is 0 Å². The molecule has 0 bridgehead atoms. The number of alkyl halides is 5. The highest BCUT2D eigenvalue weighted by Gasteiger charge is 2.64. The predicted octanol–water partition coefficient (Wildman–Crippen LogP) is 1.01. The van der Waals surface area contributed by atoms with Gasteiger partial charge >= 0.3 is 18.0 Å². The van der Waals surface area contributed by atoms with Crippen LogP contribution in [0.25, 0.3) is 0 Å². The summed E-state index contributed by atoms with van der Waals surface area (Å²) in [5.74, 6) is -7.46. The Balaban J connectivity index is 2.75. The highest BCUT2D eigenvalue weighted by Crippen LogP contribution is 2.36. The number of carbonyl (C=O) groups excluding carboxylic acids is 1. The molecular weight excluding hydrogens is 235 g/mol. The Kier molecular flexibility index (Phi) is 3.72. The summed E-state index contributed by atoms with van der Waals surface area (Å²) in [5.41, 5.74) is 0. The predicted molar refractivity (Wildman–Crippen MR) is 45.1 cm³/mol. The van der Waals surface area contributed by atoms with Crippen LogP contribution >= 0.6 is 0 Å². The number of nitrogens with one attached hydrogen (secondary N) is 1. The van der Waals surface area contributed by atoms with Crippen molar-refractivity contribution in [1.82, 2.24) is 10.2 Å². The number of hydrogen-bond acceptors (Lipinski definition) is 2. The fourth-order valence-corrected chi connectivity index (χ4v) is 1.37. The maximum atomic E-state index is 12.7. The van der Waals surface area contributed by atoms with E-state index in [1.54, 1.807) is 0 Å². The Morgan fingerprint density at radius 3 is 2.25 bits per heavy atom. The molecule has 0 atom stereocenters. The number of nitrogens with zero attached hydrogens (tertiary/aromatic N) is 1. The van der Waals surface area contributed by atoms with Gasteiger partial charge in [-0.2, -0.15) is 22.0 Å². The van der Waals surface area contributed by atoms with Crippen molar-refractivity contribution in [2.45, 2.75) is 18.5 Å². The van der Waals surface area contributed by atoms with E-state index in [0.717, 1.165) is 0 Å². The van der Waals surface area contributed by atoms with Crippen LogP contribution in [0.4, 0.5) is 22.0 Å². The van der Waals surface area contributed by atoms with Gasteiger partial charge in [0.25, 0.3) is 0 Å². The van der Waals surface area contributed by atoms with Crippen LogP contribution < -0.4 is 5.32 Å². The zero-order valence-electron chi connectivity index (χ0n) is 8.28. The molecule has 0 unspecified atom stereocenters. The van der Waals surface area contributed by atoms with E-state index in [9.17, 15) is 26.7 Å². The molecule has 0 aromatic rings. The Morgan fingerprint density at radius 1 is 1.06 bits per heavy atom. The van der Waals surface area contributed by atoms with E-state index in [4.69, 9.17) is 0 Å². The van der Waals surface area contributed by atoms with Crippen LogP contribution in [0.3, 0.4) is 0 Å². The summed E-state index contributed by atoms with van der Waals surface area (Å²) < 4.78 is 61.2. The standard InChI is InChI=1S/C8H11F5N2O/c9-7(10,8(11,12)13)6(16)15-4-1-2-14-3-5-15/h14H,1-5H2. The molecule has 0 radical (unpaired) electrons. The maximum absolute atomic E-state index is 12.7. The smallest absolute Gasteiger partial charge is 0.336 e. The summed E-state index contributed by atoms with van der Waals surface area (Å²) in [4.78, 5) is 11.6. The quantitative estimate of drug-likeness (QED) is 0.700. The second-order valence-corrected chi connectivity index (χ2v) is 3.47. The number of rotatable bonds is 1. The van der Waals surface area contributed by atoms with Crippen LogP contribution in [0.2, 0.25) is 0 Å². The molecule has 16 heavy (non-hydrogen) atoms. The van der Waals surface area contributed by atoms with Crippen molar-refractivity contribution in [2.24, 2.45) is 0 Å². The van der Waals surface area contributed by atoms with Gasteiger partial charge in [0.2, 0.25) is 0 Å². The van der Waals surface area contributed by atoms with Crippen LogP contribution in [0.15, 0.2) is 0 Å². The largest absolute Gasteiger partial charge is 0.463 e. The Hall–Kier alpha value is -0.920. The molecule has 1 rings (SSSR count).